The number of aromatic nitrogens is 4. The zero-order valence-electron chi connectivity index (χ0n) is 15.6. The van der Waals surface area contributed by atoms with Crippen molar-refractivity contribution in [3.05, 3.63) is 29.7 Å². The van der Waals surface area contributed by atoms with Crippen LogP contribution in [0.1, 0.15) is 18.2 Å². The molecule has 3 heterocycles. The normalized spacial score (nSPS) is 19.2. The highest BCUT2D eigenvalue weighted by Crippen LogP contribution is 2.30. The molecular formula is C18H22N6O2S. The van der Waals surface area contributed by atoms with Crippen LogP contribution in [0.3, 0.4) is 0 Å². The predicted molar refractivity (Wildman–Crippen MR) is 106 cm³/mol. The maximum Gasteiger partial charge on any atom is 0.183 e. The second-order valence-electron chi connectivity index (χ2n) is 6.99. The van der Waals surface area contributed by atoms with E-state index >= 15 is 0 Å². The molecule has 27 heavy (non-hydrogen) atoms. The fourth-order valence-corrected chi connectivity index (χ4v) is 3.80. The Morgan fingerprint density at radius 2 is 2.15 bits per heavy atom. The number of ether oxygens (including phenoxy) is 1. The van der Waals surface area contributed by atoms with Crippen LogP contribution >= 0.6 is 0 Å². The van der Waals surface area contributed by atoms with Gasteiger partial charge in [0.05, 0.1) is 24.9 Å². The minimum atomic E-state index is -2.35. The summed E-state index contributed by atoms with van der Waals surface area (Å²) in [7, 11) is -2.35. The number of hydrogen-bond donors (Lipinski definition) is 0. The number of hydrogen-bond acceptors (Lipinski definition) is 8. The van der Waals surface area contributed by atoms with Gasteiger partial charge < -0.3 is 9.64 Å². The summed E-state index contributed by atoms with van der Waals surface area (Å²) < 4.78 is 22.1. The average Bonchev–Trinajstić information content (AvgIpc) is 3.09. The van der Waals surface area contributed by atoms with Gasteiger partial charge in [0.1, 0.15) is 17.8 Å². The molecule has 1 saturated heterocycles. The van der Waals surface area contributed by atoms with E-state index in [-0.39, 0.29) is 6.04 Å². The lowest BCUT2D eigenvalue weighted by atomic mass is 10.2. The molecule has 0 unspecified atom stereocenters. The average molecular weight is 386 g/mol. The first-order chi connectivity index (χ1) is 12.9. The molecule has 0 bridgehead atoms. The molecule has 0 radical (unpaired) electrons. The molecule has 1 atom stereocenters. The topological polar surface area (TPSA) is 93.5 Å². The highest BCUT2D eigenvalue weighted by molar-refractivity contribution is 7.92. The molecule has 1 aliphatic carbocycles. The fourth-order valence-electron chi connectivity index (χ4n) is 3.25. The van der Waals surface area contributed by atoms with Crippen molar-refractivity contribution in [2.24, 2.45) is 4.36 Å². The van der Waals surface area contributed by atoms with E-state index in [2.05, 4.69) is 31.1 Å². The molecule has 0 amide bonds. The zero-order valence-corrected chi connectivity index (χ0v) is 16.4. The van der Waals surface area contributed by atoms with Crippen molar-refractivity contribution >= 4 is 27.4 Å². The molecule has 4 rings (SSSR count). The molecule has 8 nitrogen and oxygen atoms in total. The molecule has 2 aromatic rings. The summed E-state index contributed by atoms with van der Waals surface area (Å²) in [6, 6.07) is 1.97. The molecule has 142 valence electrons. The van der Waals surface area contributed by atoms with Crippen LogP contribution in [0.25, 0.3) is 17.6 Å². The third kappa shape index (κ3) is 3.84. The van der Waals surface area contributed by atoms with E-state index in [9.17, 15) is 4.21 Å². The van der Waals surface area contributed by atoms with E-state index < -0.39 is 9.73 Å². The van der Waals surface area contributed by atoms with Crippen molar-refractivity contribution in [3.8, 4) is 11.5 Å². The Morgan fingerprint density at radius 1 is 1.30 bits per heavy atom. The molecule has 1 aliphatic heterocycles. The van der Waals surface area contributed by atoms with Crippen molar-refractivity contribution in [2.45, 2.75) is 19.4 Å². The SMILES string of the molecule is C[C@@H]1COCCN1c1cc(N=S(C)(C)=O)nc(-c2ncnc3c2C=CC3)n1. The molecule has 0 aromatic carbocycles. The van der Waals surface area contributed by atoms with Gasteiger partial charge in [-0.2, -0.15) is 4.36 Å². The number of morpholine rings is 1. The van der Waals surface area contributed by atoms with Gasteiger partial charge in [0.2, 0.25) is 0 Å². The fraction of sp³-hybridized carbons (Fsp3) is 0.444. The summed E-state index contributed by atoms with van der Waals surface area (Å²) >= 11 is 0. The number of nitrogens with zero attached hydrogens (tertiary/aromatic N) is 6. The first-order valence-electron chi connectivity index (χ1n) is 8.82. The van der Waals surface area contributed by atoms with Gasteiger partial charge in [0, 0.05) is 46.8 Å². The van der Waals surface area contributed by atoms with Gasteiger partial charge in [-0.1, -0.05) is 12.2 Å². The van der Waals surface area contributed by atoms with Crippen molar-refractivity contribution < 1.29 is 8.95 Å². The molecule has 2 aliphatic rings. The summed E-state index contributed by atoms with van der Waals surface area (Å²) in [5.74, 6) is 1.62. The van der Waals surface area contributed by atoms with Gasteiger partial charge >= 0.3 is 0 Å². The molecular weight excluding hydrogens is 364 g/mol. The third-order valence-corrected chi connectivity index (χ3v) is 5.08. The maximum atomic E-state index is 12.2. The van der Waals surface area contributed by atoms with Gasteiger partial charge in [0.25, 0.3) is 0 Å². The van der Waals surface area contributed by atoms with Crippen LogP contribution in [-0.4, -0.2) is 62.5 Å². The van der Waals surface area contributed by atoms with Crippen molar-refractivity contribution in [3.63, 3.8) is 0 Å². The summed E-state index contributed by atoms with van der Waals surface area (Å²) in [5.41, 5.74) is 2.57. The monoisotopic (exact) mass is 386 g/mol. The second kappa shape index (κ2) is 6.97. The van der Waals surface area contributed by atoms with E-state index in [0.717, 1.165) is 30.0 Å². The summed E-state index contributed by atoms with van der Waals surface area (Å²) in [5, 5.41) is 0. The highest BCUT2D eigenvalue weighted by Gasteiger charge is 2.23. The van der Waals surface area contributed by atoms with Crippen molar-refractivity contribution in [2.75, 3.05) is 37.2 Å². The lowest BCUT2D eigenvalue weighted by Crippen LogP contribution is -2.44. The van der Waals surface area contributed by atoms with Gasteiger partial charge in [0.15, 0.2) is 11.6 Å². The number of anilines is 1. The Labute approximate surface area is 158 Å². The van der Waals surface area contributed by atoms with E-state index in [4.69, 9.17) is 9.72 Å². The van der Waals surface area contributed by atoms with Gasteiger partial charge in [-0.05, 0) is 6.92 Å². The van der Waals surface area contributed by atoms with Gasteiger partial charge in [-0.3, -0.25) is 0 Å². The minimum absolute atomic E-state index is 0.179. The molecule has 1 fully saturated rings. The van der Waals surface area contributed by atoms with Crippen LogP contribution in [0.15, 0.2) is 22.8 Å². The zero-order chi connectivity index (χ0) is 19.0. The Hall–Kier alpha value is -2.39. The second-order valence-corrected chi connectivity index (χ2v) is 9.53. The van der Waals surface area contributed by atoms with Crippen LogP contribution in [0, 0.1) is 0 Å². The smallest absolute Gasteiger partial charge is 0.183 e. The van der Waals surface area contributed by atoms with E-state index in [1.54, 1.807) is 18.6 Å². The number of fused-ring (bicyclic) bond motifs is 1. The predicted octanol–water partition coefficient (Wildman–Crippen LogP) is 2.09. The van der Waals surface area contributed by atoms with Gasteiger partial charge in [-0.15, -0.1) is 0 Å². The Balaban J connectivity index is 1.88. The van der Waals surface area contributed by atoms with Crippen LogP contribution in [0.5, 0.6) is 0 Å². The summed E-state index contributed by atoms with van der Waals surface area (Å²) in [4.78, 5) is 20.2. The van der Waals surface area contributed by atoms with Crippen LogP contribution in [0.2, 0.25) is 0 Å². The molecule has 0 N–H and O–H groups in total. The van der Waals surface area contributed by atoms with Crippen LogP contribution in [0.4, 0.5) is 11.6 Å². The van der Waals surface area contributed by atoms with Crippen LogP contribution < -0.4 is 4.90 Å². The van der Waals surface area contributed by atoms with E-state index in [1.165, 1.54) is 6.33 Å². The molecule has 0 spiro atoms. The summed E-state index contributed by atoms with van der Waals surface area (Å²) in [6.07, 6.45) is 9.55. The molecule has 9 heteroatoms. The maximum absolute atomic E-state index is 12.2. The largest absolute Gasteiger partial charge is 0.377 e. The van der Waals surface area contributed by atoms with E-state index in [1.807, 2.05) is 12.2 Å². The third-order valence-electron chi connectivity index (χ3n) is 4.45. The first-order valence-corrected chi connectivity index (χ1v) is 11.2. The lowest BCUT2D eigenvalue weighted by Gasteiger charge is -2.34. The van der Waals surface area contributed by atoms with Crippen molar-refractivity contribution in [1.82, 2.24) is 19.9 Å². The number of allylic oxidation sites excluding steroid dienone is 1. The molecule has 0 saturated carbocycles. The Kier molecular flexibility index (Phi) is 4.65. The summed E-state index contributed by atoms with van der Waals surface area (Å²) in [6.45, 7) is 4.09. The first kappa shape index (κ1) is 18.0. The lowest BCUT2D eigenvalue weighted by molar-refractivity contribution is 0.0985. The number of rotatable bonds is 3. The van der Waals surface area contributed by atoms with E-state index in [0.29, 0.717) is 30.5 Å². The highest BCUT2D eigenvalue weighted by atomic mass is 32.2. The standard InChI is InChI=1S/C18H22N6O2S/c1-12-10-26-8-7-24(12)16-9-15(23-27(2,3)25)21-18(22-16)17-13-5-4-6-14(13)19-11-20-17/h4-5,9,11-12H,6-8,10H2,1-3H3/t12-/m1/s1. The van der Waals surface area contributed by atoms with Crippen LogP contribution in [-0.2, 0) is 20.9 Å². The Morgan fingerprint density at radius 3 is 2.93 bits per heavy atom. The quantitative estimate of drug-likeness (QED) is 0.797. The molecule has 2 aromatic heterocycles. The van der Waals surface area contributed by atoms with Crippen molar-refractivity contribution in [1.29, 1.82) is 0 Å². The Bertz CT molecular complexity index is 1020. The van der Waals surface area contributed by atoms with Gasteiger partial charge in [-0.25, -0.2) is 24.1 Å². The minimum Gasteiger partial charge on any atom is -0.377 e.